The Labute approximate surface area is 206 Å². The zero-order valence-corrected chi connectivity index (χ0v) is 20.4. The van der Waals surface area contributed by atoms with Crippen molar-refractivity contribution >= 4 is 34.8 Å². The predicted molar refractivity (Wildman–Crippen MR) is 139 cm³/mol. The minimum atomic E-state index is -0.214. The number of hydrogen-bond acceptors (Lipinski definition) is 5. The summed E-state index contributed by atoms with van der Waals surface area (Å²) < 4.78 is 5.41. The molecule has 1 aliphatic carbocycles. The third kappa shape index (κ3) is 6.23. The lowest BCUT2D eigenvalue weighted by Crippen LogP contribution is -2.47. The number of anilines is 1. The number of carbonyl (C=O) groups is 1. The Morgan fingerprint density at radius 3 is 2.62 bits per heavy atom. The van der Waals surface area contributed by atoms with E-state index in [1.807, 2.05) is 42.5 Å². The summed E-state index contributed by atoms with van der Waals surface area (Å²) in [4.78, 5) is 24.5. The molecule has 4 rings (SSSR count). The van der Waals surface area contributed by atoms with Crippen LogP contribution in [0.2, 0.25) is 0 Å². The SMILES string of the molecule is COCC1(NCCCCC(=O)Nc2cccc(-c3n[nH]c(=O)c4ccccc34)c2)CCCC1.Cl. The van der Waals surface area contributed by atoms with Crippen LogP contribution in [0.15, 0.2) is 53.3 Å². The Morgan fingerprint density at radius 1 is 1.09 bits per heavy atom. The molecule has 0 atom stereocenters. The van der Waals surface area contributed by atoms with E-state index in [1.54, 1.807) is 13.2 Å². The number of benzene rings is 2. The highest BCUT2D eigenvalue weighted by molar-refractivity contribution is 5.95. The number of aromatic amines is 1. The van der Waals surface area contributed by atoms with Gasteiger partial charge in [0, 0.05) is 35.7 Å². The van der Waals surface area contributed by atoms with Gasteiger partial charge in [0.15, 0.2) is 0 Å². The Hall–Kier alpha value is -2.74. The van der Waals surface area contributed by atoms with E-state index in [9.17, 15) is 9.59 Å². The quantitative estimate of drug-likeness (QED) is 0.363. The molecule has 1 aromatic heterocycles. The second-order valence-corrected chi connectivity index (χ2v) is 8.88. The van der Waals surface area contributed by atoms with Crippen molar-refractivity contribution in [3.05, 3.63) is 58.9 Å². The van der Waals surface area contributed by atoms with Crippen LogP contribution in [0.4, 0.5) is 5.69 Å². The molecule has 3 aromatic rings. The number of unbranched alkanes of at least 4 members (excludes halogenated alkanes) is 1. The number of H-pyrrole nitrogens is 1. The molecule has 3 N–H and O–H groups in total. The van der Waals surface area contributed by atoms with Crippen molar-refractivity contribution in [1.82, 2.24) is 15.5 Å². The second kappa shape index (κ2) is 12.1. The number of carbonyl (C=O) groups excluding carboxylic acids is 1. The van der Waals surface area contributed by atoms with Crippen LogP contribution < -0.4 is 16.2 Å². The van der Waals surface area contributed by atoms with Gasteiger partial charge < -0.3 is 15.4 Å². The third-order valence-corrected chi connectivity index (χ3v) is 6.43. The lowest BCUT2D eigenvalue weighted by molar-refractivity contribution is -0.116. The van der Waals surface area contributed by atoms with E-state index in [1.165, 1.54) is 12.8 Å². The molecule has 1 aliphatic rings. The summed E-state index contributed by atoms with van der Waals surface area (Å²) in [6, 6.07) is 14.9. The molecule has 34 heavy (non-hydrogen) atoms. The first-order chi connectivity index (χ1) is 16.1. The van der Waals surface area contributed by atoms with E-state index >= 15 is 0 Å². The fourth-order valence-electron chi connectivity index (χ4n) is 4.77. The minimum Gasteiger partial charge on any atom is -0.383 e. The maximum absolute atomic E-state index is 12.5. The van der Waals surface area contributed by atoms with Gasteiger partial charge in [-0.15, -0.1) is 12.4 Å². The molecule has 8 heteroatoms. The van der Waals surface area contributed by atoms with Gasteiger partial charge in [-0.25, -0.2) is 5.10 Å². The largest absolute Gasteiger partial charge is 0.383 e. The van der Waals surface area contributed by atoms with Crippen LogP contribution in [0.25, 0.3) is 22.0 Å². The average Bonchev–Trinajstić information content (AvgIpc) is 3.28. The normalized spacial score (nSPS) is 14.6. The van der Waals surface area contributed by atoms with Gasteiger partial charge in [-0.2, -0.15) is 5.10 Å². The first-order valence-electron chi connectivity index (χ1n) is 11.7. The standard InChI is InChI=1S/C26H32N4O3.ClH/c1-33-18-26(14-5-6-15-26)27-16-7-4-13-23(31)28-20-10-8-9-19(17-20)24-21-11-2-3-12-22(21)25(32)30-29-24;/h2-3,8-12,17,27H,4-7,13-16,18H2,1H3,(H,28,31)(H,30,32);1H. The van der Waals surface area contributed by atoms with E-state index in [2.05, 4.69) is 20.8 Å². The number of hydrogen-bond donors (Lipinski definition) is 3. The maximum Gasteiger partial charge on any atom is 0.272 e. The van der Waals surface area contributed by atoms with Crippen LogP contribution in [0, 0.1) is 0 Å². The monoisotopic (exact) mass is 484 g/mol. The summed E-state index contributed by atoms with van der Waals surface area (Å²) in [5.41, 5.74) is 2.15. The Bertz CT molecular complexity index is 1160. The number of fused-ring (bicyclic) bond motifs is 1. The number of halogens is 1. The van der Waals surface area contributed by atoms with E-state index in [4.69, 9.17) is 4.74 Å². The molecule has 1 amide bonds. The Kier molecular flexibility index (Phi) is 9.21. The molecule has 7 nitrogen and oxygen atoms in total. The molecular weight excluding hydrogens is 452 g/mol. The third-order valence-electron chi connectivity index (χ3n) is 6.43. The topological polar surface area (TPSA) is 96.1 Å². The van der Waals surface area contributed by atoms with Crippen molar-refractivity contribution in [3.63, 3.8) is 0 Å². The van der Waals surface area contributed by atoms with Crippen molar-refractivity contribution in [1.29, 1.82) is 0 Å². The first kappa shape index (κ1) is 25.9. The minimum absolute atomic E-state index is 0. The van der Waals surface area contributed by atoms with Gasteiger partial charge in [0.25, 0.3) is 5.56 Å². The number of aromatic nitrogens is 2. The number of nitrogens with one attached hydrogen (secondary N) is 3. The molecule has 0 bridgehead atoms. The van der Waals surface area contributed by atoms with Gasteiger partial charge >= 0.3 is 0 Å². The van der Waals surface area contributed by atoms with E-state index < -0.39 is 0 Å². The molecular formula is C26H33ClN4O3. The summed E-state index contributed by atoms with van der Waals surface area (Å²) in [5.74, 6) is -0.00101. The number of rotatable bonds is 10. The lowest BCUT2D eigenvalue weighted by Gasteiger charge is -2.29. The van der Waals surface area contributed by atoms with Crippen LogP contribution in [0.1, 0.15) is 44.9 Å². The number of nitrogens with zero attached hydrogens (tertiary/aromatic N) is 1. The highest BCUT2D eigenvalue weighted by atomic mass is 35.5. The van der Waals surface area contributed by atoms with Crippen LogP contribution in [0.5, 0.6) is 0 Å². The molecule has 1 heterocycles. The van der Waals surface area contributed by atoms with E-state index in [-0.39, 0.29) is 29.4 Å². The van der Waals surface area contributed by atoms with Gasteiger partial charge in [0.2, 0.25) is 5.91 Å². The van der Waals surface area contributed by atoms with Crippen molar-refractivity contribution < 1.29 is 9.53 Å². The van der Waals surface area contributed by atoms with Crippen molar-refractivity contribution in [2.24, 2.45) is 0 Å². The van der Waals surface area contributed by atoms with E-state index in [0.29, 0.717) is 17.5 Å². The zero-order valence-electron chi connectivity index (χ0n) is 19.6. The van der Waals surface area contributed by atoms with Crippen LogP contribution in [0.3, 0.4) is 0 Å². The fraction of sp³-hybridized carbons (Fsp3) is 0.423. The van der Waals surface area contributed by atoms with Crippen LogP contribution in [-0.4, -0.2) is 41.9 Å². The smallest absolute Gasteiger partial charge is 0.272 e. The second-order valence-electron chi connectivity index (χ2n) is 8.88. The molecule has 0 saturated heterocycles. The van der Waals surface area contributed by atoms with Crippen molar-refractivity contribution in [2.45, 2.75) is 50.5 Å². The molecule has 0 unspecified atom stereocenters. The number of ether oxygens (including phenoxy) is 1. The molecule has 0 radical (unpaired) electrons. The molecule has 182 valence electrons. The molecule has 1 saturated carbocycles. The van der Waals surface area contributed by atoms with E-state index in [0.717, 1.165) is 55.5 Å². The van der Waals surface area contributed by atoms with Crippen LogP contribution >= 0.6 is 12.4 Å². The van der Waals surface area contributed by atoms with Gasteiger partial charge in [0.05, 0.1) is 17.7 Å². The lowest BCUT2D eigenvalue weighted by atomic mass is 9.98. The van der Waals surface area contributed by atoms with Crippen molar-refractivity contribution in [3.8, 4) is 11.3 Å². The van der Waals surface area contributed by atoms with Gasteiger partial charge in [0.1, 0.15) is 0 Å². The fourth-order valence-corrected chi connectivity index (χ4v) is 4.77. The summed E-state index contributed by atoms with van der Waals surface area (Å²) in [5, 5.41) is 14.9. The van der Waals surface area contributed by atoms with Crippen LogP contribution in [-0.2, 0) is 9.53 Å². The molecule has 1 fully saturated rings. The Morgan fingerprint density at radius 2 is 1.85 bits per heavy atom. The summed E-state index contributed by atoms with van der Waals surface area (Å²) >= 11 is 0. The highest BCUT2D eigenvalue weighted by Gasteiger charge is 2.32. The van der Waals surface area contributed by atoms with Gasteiger partial charge in [-0.1, -0.05) is 43.2 Å². The average molecular weight is 485 g/mol. The zero-order chi connectivity index (χ0) is 23.1. The summed E-state index contributed by atoms with van der Waals surface area (Å²) in [7, 11) is 1.76. The summed E-state index contributed by atoms with van der Waals surface area (Å²) in [6.07, 6.45) is 7.08. The number of methoxy groups -OCH3 is 1. The maximum atomic E-state index is 12.5. The number of amides is 1. The van der Waals surface area contributed by atoms with Gasteiger partial charge in [-0.3, -0.25) is 9.59 Å². The highest BCUT2D eigenvalue weighted by Crippen LogP contribution is 2.30. The molecule has 2 aromatic carbocycles. The van der Waals surface area contributed by atoms with Gasteiger partial charge in [-0.05, 0) is 50.4 Å². The first-order valence-corrected chi connectivity index (χ1v) is 11.7. The van der Waals surface area contributed by atoms with Crippen molar-refractivity contribution in [2.75, 3.05) is 25.6 Å². The molecule has 0 spiro atoms. The Balaban J connectivity index is 0.00000324. The predicted octanol–water partition coefficient (Wildman–Crippen LogP) is 4.67. The summed E-state index contributed by atoms with van der Waals surface area (Å²) in [6.45, 7) is 1.65. The molecule has 0 aliphatic heterocycles.